The van der Waals surface area contributed by atoms with E-state index >= 15 is 0 Å². The maximum absolute atomic E-state index is 13.6. The highest BCUT2D eigenvalue weighted by Crippen LogP contribution is 2.29. The normalized spacial score (nSPS) is 10.6. The van der Waals surface area contributed by atoms with Gasteiger partial charge in [-0.25, -0.2) is 9.18 Å². The summed E-state index contributed by atoms with van der Waals surface area (Å²) in [6, 6.07) is 5.94. The number of carbonyl (C=O) groups is 1. The number of rotatable bonds is 4. The molecule has 6 heteroatoms. The number of aryl methyl sites for hydroxylation is 1. The van der Waals surface area contributed by atoms with Gasteiger partial charge in [-0.15, -0.1) is 11.8 Å². The molecule has 0 amide bonds. The lowest BCUT2D eigenvalue weighted by Crippen LogP contribution is -1.92. The van der Waals surface area contributed by atoms with Gasteiger partial charge in [0.25, 0.3) is 0 Å². The second-order valence-electron chi connectivity index (χ2n) is 3.98. The fraction of sp³-hybridized carbons (Fsp3) is 0.154. The number of thioether (sulfide) groups is 1. The number of halogens is 1. The van der Waals surface area contributed by atoms with E-state index in [0.29, 0.717) is 22.1 Å². The highest BCUT2D eigenvalue weighted by molar-refractivity contribution is 7.98. The average molecular weight is 281 g/mol. The van der Waals surface area contributed by atoms with Crippen LogP contribution in [0.5, 0.6) is 0 Å². The van der Waals surface area contributed by atoms with Crippen LogP contribution in [-0.2, 0) is 5.75 Å². The van der Waals surface area contributed by atoms with Gasteiger partial charge in [-0.2, -0.15) is 0 Å². The zero-order chi connectivity index (χ0) is 14.0. The second-order valence-corrected chi connectivity index (χ2v) is 4.99. The Morgan fingerprint density at radius 1 is 1.47 bits per heavy atom. The number of carboxylic acid groups (broad SMARTS) is 1. The Balaban J connectivity index is 2.12. The molecule has 100 valence electrons. The Kier molecular flexibility index (Phi) is 3.80. The molecule has 1 heterocycles. The summed E-state index contributed by atoms with van der Waals surface area (Å²) < 4.78 is 18.7. The van der Waals surface area contributed by atoms with Crippen molar-refractivity contribution in [3.63, 3.8) is 0 Å². The van der Waals surface area contributed by atoms with E-state index in [4.69, 9.17) is 15.3 Å². The van der Waals surface area contributed by atoms with E-state index in [1.165, 1.54) is 23.9 Å². The van der Waals surface area contributed by atoms with Crippen LogP contribution < -0.4 is 5.73 Å². The van der Waals surface area contributed by atoms with Crippen molar-refractivity contribution in [1.29, 1.82) is 0 Å². The van der Waals surface area contributed by atoms with Gasteiger partial charge in [0, 0.05) is 21.9 Å². The van der Waals surface area contributed by atoms with E-state index in [1.807, 2.05) is 0 Å². The molecule has 0 bridgehead atoms. The molecule has 1 aromatic carbocycles. The fourth-order valence-electron chi connectivity index (χ4n) is 1.56. The predicted molar refractivity (Wildman–Crippen MR) is 70.8 cm³/mol. The third kappa shape index (κ3) is 3.08. The van der Waals surface area contributed by atoms with Crippen molar-refractivity contribution < 1.29 is 18.7 Å². The van der Waals surface area contributed by atoms with Crippen molar-refractivity contribution in [2.45, 2.75) is 17.6 Å². The van der Waals surface area contributed by atoms with Gasteiger partial charge < -0.3 is 15.3 Å². The molecule has 2 aromatic rings. The van der Waals surface area contributed by atoms with Crippen molar-refractivity contribution in [2.75, 3.05) is 5.73 Å². The zero-order valence-corrected chi connectivity index (χ0v) is 11.0. The number of benzene rings is 1. The van der Waals surface area contributed by atoms with E-state index in [0.717, 1.165) is 5.56 Å². The molecule has 0 aliphatic rings. The van der Waals surface area contributed by atoms with Crippen molar-refractivity contribution in [1.82, 2.24) is 0 Å². The molecule has 0 unspecified atom stereocenters. The number of carboxylic acids is 1. The quantitative estimate of drug-likeness (QED) is 0.664. The number of aromatic carboxylic acids is 1. The van der Waals surface area contributed by atoms with Crippen LogP contribution >= 0.6 is 11.8 Å². The van der Waals surface area contributed by atoms with Crippen LogP contribution in [0.1, 0.15) is 21.9 Å². The van der Waals surface area contributed by atoms with E-state index < -0.39 is 5.97 Å². The summed E-state index contributed by atoms with van der Waals surface area (Å²) in [5, 5.41) is 8.81. The minimum atomic E-state index is -1.11. The van der Waals surface area contributed by atoms with E-state index in [9.17, 15) is 9.18 Å². The van der Waals surface area contributed by atoms with Crippen LogP contribution in [0.4, 0.5) is 10.1 Å². The van der Waals surface area contributed by atoms with Gasteiger partial charge in [-0.05, 0) is 31.2 Å². The average Bonchev–Trinajstić information content (AvgIpc) is 2.70. The first-order valence-corrected chi connectivity index (χ1v) is 6.46. The highest BCUT2D eigenvalue weighted by Gasteiger charge is 2.13. The number of nitrogens with two attached hydrogens (primary N) is 1. The largest absolute Gasteiger partial charge is 0.475 e. The summed E-state index contributed by atoms with van der Waals surface area (Å²) in [5.74, 6) is -0.641. The first kappa shape index (κ1) is 13.5. The standard InChI is InChI=1S/C13H12FNO3S/c1-7-8(4-11(18-7)13(16)17)6-19-12-3-2-9(15)5-10(12)14/h2-5H,6,15H2,1H3,(H,16,17). The maximum atomic E-state index is 13.6. The Bertz CT molecular complexity index is 624. The number of hydrogen-bond acceptors (Lipinski definition) is 4. The molecule has 0 spiro atoms. The molecule has 0 atom stereocenters. The van der Waals surface area contributed by atoms with Crippen LogP contribution in [0.25, 0.3) is 0 Å². The molecule has 0 fully saturated rings. The second kappa shape index (κ2) is 5.36. The summed E-state index contributed by atoms with van der Waals surface area (Å²) in [4.78, 5) is 11.2. The SMILES string of the molecule is Cc1oc(C(=O)O)cc1CSc1ccc(N)cc1F. The summed E-state index contributed by atoms with van der Waals surface area (Å²) in [6.07, 6.45) is 0. The first-order valence-electron chi connectivity index (χ1n) is 5.48. The molecule has 0 aliphatic carbocycles. The third-order valence-electron chi connectivity index (χ3n) is 2.57. The minimum absolute atomic E-state index is 0.106. The van der Waals surface area contributed by atoms with Gasteiger partial charge in [-0.1, -0.05) is 0 Å². The first-order chi connectivity index (χ1) is 8.97. The molecule has 4 nitrogen and oxygen atoms in total. The van der Waals surface area contributed by atoms with Crippen LogP contribution in [0.2, 0.25) is 0 Å². The molecule has 0 radical (unpaired) electrons. The summed E-state index contributed by atoms with van der Waals surface area (Å²) in [5.41, 5.74) is 6.57. The number of hydrogen-bond donors (Lipinski definition) is 2. The van der Waals surface area contributed by atoms with E-state index in [2.05, 4.69) is 0 Å². The molecule has 0 saturated heterocycles. The zero-order valence-electron chi connectivity index (χ0n) is 10.1. The Morgan fingerprint density at radius 3 is 2.79 bits per heavy atom. The van der Waals surface area contributed by atoms with Gasteiger partial charge in [0.2, 0.25) is 5.76 Å². The monoisotopic (exact) mass is 281 g/mol. The molecule has 0 saturated carbocycles. The smallest absolute Gasteiger partial charge is 0.371 e. The lowest BCUT2D eigenvalue weighted by molar-refractivity contribution is 0.0661. The van der Waals surface area contributed by atoms with Gasteiger partial charge >= 0.3 is 5.97 Å². The van der Waals surface area contributed by atoms with Crippen LogP contribution in [0.15, 0.2) is 33.6 Å². The predicted octanol–water partition coefficient (Wildman–Crippen LogP) is 3.30. The molecular formula is C13H12FNO3S. The molecule has 3 N–H and O–H groups in total. The number of furan rings is 1. The molecular weight excluding hydrogens is 269 g/mol. The van der Waals surface area contributed by atoms with Gasteiger partial charge in [-0.3, -0.25) is 0 Å². The van der Waals surface area contributed by atoms with Crippen molar-refractivity contribution >= 4 is 23.4 Å². The van der Waals surface area contributed by atoms with Gasteiger partial charge in [0.05, 0.1) is 0 Å². The summed E-state index contributed by atoms with van der Waals surface area (Å²) in [7, 11) is 0. The van der Waals surface area contributed by atoms with E-state index in [1.54, 1.807) is 19.1 Å². The van der Waals surface area contributed by atoms with Gasteiger partial charge in [0.15, 0.2) is 0 Å². The lowest BCUT2D eigenvalue weighted by Gasteiger charge is -2.03. The van der Waals surface area contributed by atoms with Crippen LogP contribution in [0.3, 0.4) is 0 Å². The Labute approximate surface area is 113 Å². The van der Waals surface area contributed by atoms with Crippen LogP contribution in [0, 0.1) is 12.7 Å². The van der Waals surface area contributed by atoms with E-state index in [-0.39, 0.29) is 11.6 Å². The highest BCUT2D eigenvalue weighted by atomic mass is 32.2. The number of anilines is 1. The van der Waals surface area contributed by atoms with Crippen LogP contribution in [-0.4, -0.2) is 11.1 Å². The Hall–Kier alpha value is -1.95. The van der Waals surface area contributed by atoms with Crippen molar-refractivity contribution in [3.05, 3.63) is 47.2 Å². The lowest BCUT2D eigenvalue weighted by atomic mass is 10.3. The van der Waals surface area contributed by atoms with Crippen molar-refractivity contribution in [3.8, 4) is 0 Å². The molecule has 0 aliphatic heterocycles. The summed E-state index contributed by atoms with van der Waals surface area (Å²) >= 11 is 1.26. The number of nitrogen functional groups attached to an aromatic ring is 1. The minimum Gasteiger partial charge on any atom is -0.475 e. The topological polar surface area (TPSA) is 76.5 Å². The summed E-state index contributed by atoms with van der Waals surface area (Å²) in [6.45, 7) is 1.68. The maximum Gasteiger partial charge on any atom is 0.371 e. The third-order valence-corrected chi connectivity index (χ3v) is 3.67. The Morgan fingerprint density at radius 2 is 2.21 bits per heavy atom. The fourth-order valence-corrected chi connectivity index (χ4v) is 2.52. The van der Waals surface area contributed by atoms with Crippen molar-refractivity contribution in [2.24, 2.45) is 0 Å². The molecule has 1 aromatic heterocycles. The van der Waals surface area contributed by atoms with Gasteiger partial charge in [0.1, 0.15) is 11.6 Å². The molecule has 19 heavy (non-hydrogen) atoms. The molecule has 2 rings (SSSR count).